The lowest BCUT2D eigenvalue weighted by molar-refractivity contribution is -0.116. The van der Waals surface area contributed by atoms with E-state index in [2.05, 4.69) is 26.6 Å². The summed E-state index contributed by atoms with van der Waals surface area (Å²) < 4.78 is 14.8. The highest BCUT2D eigenvalue weighted by atomic mass is 79.9. The topological polar surface area (TPSA) is 41.1 Å². The van der Waals surface area contributed by atoms with E-state index in [0.29, 0.717) is 5.69 Å². The standard InChI is InChI=1S/C14H9BrClFN2O/c15-7-4-5-8-11(6-7)19-14(20)13(8)18-10-3-1-2-9(16)12(10)17/h1-6,13,18H,(H,19,20). The lowest BCUT2D eigenvalue weighted by Crippen LogP contribution is -2.20. The minimum absolute atomic E-state index is 0.0180. The molecule has 2 aromatic rings. The largest absolute Gasteiger partial charge is 0.368 e. The third-order valence-electron chi connectivity index (χ3n) is 3.10. The molecule has 2 aromatic carbocycles. The molecule has 0 spiro atoms. The second-order valence-corrected chi connectivity index (χ2v) is 5.72. The summed E-state index contributed by atoms with van der Waals surface area (Å²) >= 11 is 9.08. The van der Waals surface area contributed by atoms with Crippen molar-refractivity contribution in [2.45, 2.75) is 6.04 Å². The Morgan fingerprint density at radius 1 is 1.30 bits per heavy atom. The highest BCUT2D eigenvalue weighted by Gasteiger charge is 2.31. The van der Waals surface area contributed by atoms with E-state index in [-0.39, 0.29) is 16.6 Å². The van der Waals surface area contributed by atoms with Gasteiger partial charge in [-0.1, -0.05) is 39.7 Å². The zero-order valence-corrected chi connectivity index (χ0v) is 12.4. The van der Waals surface area contributed by atoms with Crippen LogP contribution in [0, 0.1) is 5.82 Å². The fourth-order valence-electron chi connectivity index (χ4n) is 2.15. The lowest BCUT2D eigenvalue weighted by Gasteiger charge is -2.14. The fourth-order valence-corrected chi connectivity index (χ4v) is 2.68. The Balaban J connectivity index is 1.96. The van der Waals surface area contributed by atoms with Crippen molar-refractivity contribution in [2.24, 2.45) is 0 Å². The zero-order chi connectivity index (χ0) is 14.3. The van der Waals surface area contributed by atoms with Crippen LogP contribution in [0.1, 0.15) is 11.6 Å². The van der Waals surface area contributed by atoms with Crippen LogP contribution in [0.25, 0.3) is 0 Å². The van der Waals surface area contributed by atoms with Gasteiger partial charge in [-0.3, -0.25) is 4.79 Å². The summed E-state index contributed by atoms with van der Waals surface area (Å²) in [6, 6.07) is 9.46. The number of hydrogen-bond donors (Lipinski definition) is 2. The summed E-state index contributed by atoms with van der Waals surface area (Å²) in [6.07, 6.45) is 0. The molecule has 102 valence electrons. The van der Waals surface area contributed by atoms with Gasteiger partial charge in [0.15, 0.2) is 5.82 Å². The van der Waals surface area contributed by atoms with Gasteiger partial charge in [0.2, 0.25) is 0 Å². The van der Waals surface area contributed by atoms with Gasteiger partial charge in [-0.25, -0.2) is 4.39 Å². The van der Waals surface area contributed by atoms with Gasteiger partial charge < -0.3 is 10.6 Å². The van der Waals surface area contributed by atoms with Crippen LogP contribution in [0.5, 0.6) is 0 Å². The Labute approximate surface area is 128 Å². The van der Waals surface area contributed by atoms with E-state index in [1.165, 1.54) is 6.07 Å². The summed E-state index contributed by atoms with van der Waals surface area (Å²) in [5.74, 6) is -0.787. The molecule has 1 aliphatic rings. The summed E-state index contributed by atoms with van der Waals surface area (Å²) in [4.78, 5) is 12.0. The van der Waals surface area contributed by atoms with Gasteiger partial charge in [0, 0.05) is 15.7 Å². The first-order chi connectivity index (χ1) is 9.56. The third-order valence-corrected chi connectivity index (χ3v) is 3.88. The van der Waals surface area contributed by atoms with Crippen LogP contribution in [-0.2, 0) is 4.79 Å². The Bertz CT molecular complexity index is 708. The molecule has 0 fully saturated rings. The number of amides is 1. The fraction of sp³-hybridized carbons (Fsp3) is 0.0714. The third kappa shape index (κ3) is 2.27. The molecular weight excluding hydrogens is 347 g/mol. The minimum atomic E-state index is -0.633. The summed E-state index contributed by atoms with van der Waals surface area (Å²) in [7, 11) is 0. The van der Waals surface area contributed by atoms with Gasteiger partial charge in [-0.05, 0) is 24.3 Å². The Morgan fingerprint density at radius 2 is 2.10 bits per heavy atom. The van der Waals surface area contributed by atoms with E-state index < -0.39 is 11.9 Å². The van der Waals surface area contributed by atoms with E-state index in [1.807, 2.05) is 18.2 Å². The van der Waals surface area contributed by atoms with Gasteiger partial charge in [-0.2, -0.15) is 0 Å². The molecule has 1 heterocycles. The van der Waals surface area contributed by atoms with Gasteiger partial charge in [0.05, 0.1) is 10.7 Å². The average molecular weight is 356 g/mol. The molecule has 1 amide bonds. The molecule has 20 heavy (non-hydrogen) atoms. The van der Waals surface area contributed by atoms with Gasteiger partial charge >= 0.3 is 0 Å². The maximum atomic E-state index is 13.9. The first-order valence-corrected chi connectivity index (χ1v) is 7.04. The van der Waals surface area contributed by atoms with Crippen molar-refractivity contribution < 1.29 is 9.18 Å². The molecule has 0 bridgehead atoms. The number of halogens is 3. The maximum absolute atomic E-state index is 13.9. The number of nitrogens with one attached hydrogen (secondary N) is 2. The number of carbonyl (C=O) groups is 1. The zero-order valence-electron chi connectivity index (χ0n) is 10.1. The SMILES string of the molecule is O=C1Nc2cc(Br)ccc2C1Nc1cccc(Cl)c1F. The number of carbonyl (C=O) groups excluding carboxylic acids is 1. The van der Waals surface area contributed by atoms with Crippen LogP contribution in [0.4, 0.5) is 15.8 Å². The van der Waals surface area contributed by atoms with E-state index in [0.717, 1.165) is 10.0 Å². The molecule has 0 saturated heterocycles. The van der Waals surface area contributed by atoms with Crippen LogP contribution < -0.4 is 10.6 Å². The molecule has 3 nitrogen and oxygen atoms in total. The predicted molar refractivity (Wildman–Crippen MR) is 80.5 cm³/mol. The normalized spacial score (nSPS) is 16.8. The summed E-state index contributed by atoms with van der Waals surface area (Å²) in [6.45, 7) is 0. The Kier molecular flexibility index (Phi) is 3.40. The van der Waals surface area contributed by atoms with Crippen LogP contribution >= 0.6 is 27.5 Å². The predicted octanol–water partition coefficient (Wildman–Crippen LogP) is 4.35. The van der Waals surface area contributed by atoms with Gasteiger partial charge in [0.1, 0.15) is 6.04 Å². The first kappa shape index (κ1) is 13.4. The van der Waals surface area contributed by atoms with Gasteiger partial charge in [-0.15, -0.1) is 0 Å². The smallest absolute Gasteiger partial charge is 0.251 e. The molecule has 0 aliphatic carbocycles. The highest BCUT2D eigenvalue weighted by Crippen LogP contribution is 2.36. The summed E-state index contributed by atoms with van der Waals surface area (Å²) in [5.41, 5.74) is 1.69. The van der Waals surface area contributed by atoms with Crippen molar-refractivity contribution in [1.29, 1.82) is 0 Å². The lowest BCUT2D eigenvalue weighted by atomic mass is 10.1. The number of benzene rings is 2. The van der Waals surface area contributed by atoms with Crippen molar-refractivity contribution >= 4 is 44.8 Å². The molecular formula is C14H9BrClFN2O. The molecule has 0 radical (unpaired) electrons. The van der Waals surface area contributed by atoms with Crippen molar-refractivity contribution in [3.8, 4) is 0 Å². The van der Waals surface area contributed by atoms with Crippen LogP contribution in [0.15, 0.2) is 40.9 Å². The Hall–Kier alpha value is -1.59. The molecule has 1 unspecified atom stereocenters. The van der Waals surface area contributed by atoms with E-state index in [9.17, 15) is 9.18 Å². The van der Waals surface area contributed by atoms with E-state index in [1.54, 1.807) is 12.1 Å². The number of rotatable bonds is 2. The highest BCUT2D eigenvalue weighted by molar-refractivity contribution is 9.10. The van der Waals surface area contributed by atoms with Gasteiger partial charge in [0.25, 0.3) is 5.91 Å². The number of hydrogen-bond acceptors (Lipinski definition) is 2. The minimum Gasteiger partial charge on any atom is -0.368 e. The molecule has 6 heteroatoms. The van der Waals surface area contributed by atoms with Crippen LogP contribution in [0.2, 0.25) is 5.02 Å². The van der Waals surface area contributed by atoms with Crippen molar-refractivity contribution in [3.05, 3.63) is 57.3 Å². The second-order valence-electron chi connectivity index (χ2n) is 4.40. The van der Waals surface area contributed by atoms with E-state index >= 15 is 0 Å². The quantitative estimate of drug-likeness (QED) is 0.841. The molecule has 1 atom stereocenters. The summed E-state index contributed by atoms with van der Waals surface area (Å²) in [5, 5.41) is 5.66. The van der Waals surface area contributed by atoms with Crippen molar-refractivity contribution in [1.82, 2.24) is 0 Å². The molecule has 2 N–H and O–H groups in total. The first-order valence-electron chi connectivity index (χ1n) is 5.87. The molecule has 3 rings (SSSR count). The van der Waals surface area contributed by atoms with E-state index in [4.69, 9.17) is 11.6 Å². The molecule has 1 aliphatic heterocycles. The average Bonchev–Trinajstić information content (AvgIpc) is 2.70. The van der Waals surface area contributed by atoms with Crippen LogP contribution in [0.3, 0.4) is 0 Å². The second kappa shape index (κ2) is 5.07. The number of fused-ring (bicyclic) bond motifs is 1. The van der Waals surface area contributed by atoms with Crippen molar-refractivity contribution in [3.63, 3.8) is 0 Å². The maximum Gasteiger partial charge on any atom is 0.251 e. The van der Waals surface area contributed by atoms with Crippen molar-refractivity contribution in [2.75, 3.05) is 10.6 Å². The molecule has 0 aromatic heterocycles. The molecule has 0 saturated carbocycles. The monoisotopic (exact) mass is 354 g/mol. The van der Waals surface area contributed by atoms with Crippen LogP contribution in [-0.4, -0.2) is 5.91 Å². The number of anilines is 2. The Morgan fingerprint density at radius 3 is 2.90 bits per heavy atom.